The van der Waals surface area contributed by atoms with Crippen molar-refractivity contribution >= 4 is 0 Å². The van der Waals surface area contributed by atoms with Crippen LogP contribution in [0.25, 0.3) is 0 Å². The van der Waals surface area contributed by atoms with E-state index in [1.807, 2.05) is 0 Å². The van der Waals surface area contributed by atoms with Gasteiger partial charge in [-0.1, -0.05) is 42.5 Å². The van der Waals surface area contributed by atoms with E-state index in [9.17, 15) is 0 Å². The summed E-state index contributed by atoms with van der Waals surface area (Å²) in [6.45, 7) is 5.37. The summed E-state index contributed by atoms with van der Waals surface area (Å²) in [5.41, 5.74) is 7.23. The predicted molar refractivity (Wildman–Crippen MR) is 80.3 cm³/mol. The topological polar surface area (TPSA) is 12.0 Å². The summed E-state index contributed by atoms with van der Waals surface area (Å²) in [5.74, 6) is 0. The van der Waals surface area contributed by atoms with E-state index < -0.39 is 0 Å². The minimum absolute atomic E-state index is 0.524. The Hall–Kier alpha value is -1.60. The molecule has 2 aromatic rings. The van der Waals surface area contributed by atoms with Crippen LogP contribution < -0.4 is 5.32 Å². The van der Waals surface area contributed by atoms with Crippen molar-refractivity contribution in [2.45, 2.75) is 39.3 Å². The third kappa shape index (κ3) is 2.43. The Labute approximate surface area is 115 Å². The zero-order valence-electron chi connectivity index (χ0n) is 11.7. The van der Waals surface area contributed by atoms with E-state index in [1.165, 1.54) is 40.7 Å². The number of aryl methyl sites for hydroxylation is 2. The fourth-order valence-corrected chi connectivity index (χ4v) is 3.01. The van der Waals surface area contributed by atoms with Crippen molar-refractivity contribution in [1.82, 2.24) is 5.32 Å². The Balaban J connectivity index is 1.73. The highest BCUT2D eigenvalue weighted by Gasteiger charge is 2.21. The molecule has 0 saturated carbocycles. The van der Waals surface area contributed by atoms with E-state index in [1.54, 1.807) is 0 Å². The lowest BCUT2D eigenvalue weighted by molar-refractivity contribution is 0.529. The molecular formula is C18H21N. The Morgan fingerprint density at radius 1 is 1.05 bits per heavy atom. The lowest BCUT2D eigenvalue weighted by Gasteiger charge is -2.16. The number of fused-ring (bicyclic) bond motifs is 1. The molecule has 1 aliphatic carbocycles. The molecule has 1 atom stereocenters. The second-order valence-electron chi connectivity index (χ2n) is 5.53. The zero-order valence-corrected chi connectivity index (χ0v) is 11.7. The largest absolute Gasteiger partial charge is 0.306 e. The fourth-order valence-electron chi connectivity index (χ4n) is 3.01. The maximum atomic E-state index is 3.72. The van der Waals surface area contributed by atoms with Crippen molar-refractivity contribution in [3.63, 3.8) is 0 Å². The first-order valence-corrected chi connectivity index (χ1v) is 7.12. The average molecular weight is 251 g/mol. The van der Waals surface area contributed by atoms with Gasteiger partial charge in [-0.25, -0.2) is 0 Å². The van der Waals surface area contributed by atoms with Gasteiger partial charge in [0.2, 0.25) is 0 Å². The highest BCUT2D eigenvalue weighted by molar-refractivity contribution is 5.36. The molecule has 0 radical (unpaired) electrons. The average Bonchev–Trinajstić information content (AvgIpc) is 2.84. The van der Waals surface area contributed by atoms with Gasteiger partial charge in [0.25, 0.3) is 0 Å². The van der Waals surface area contributed by atoms with E-state index in [2.05, 4.69) is 61.6 Å². The van der Waals surface area contributed by atoms with Crippen LogP contribution in [-0.2, 0) is 13.0 Å². The molecule has 98 valence electrons. The first kappa shape index (κ1) is 12.4. The molecule has 1 heteroatoms. The third-order valence-electron chi connectivity index (χ3n) is 4.39. The molecule has 0 heterocycles. The molecule has 1 nitrogen and oxygen atoms in total. The summed E-state index contributed by atoms with van der Waals surface area (Å²) in [4.78, 5) is 0. The van der Waals surface area contributed by atoms with Crippen LogP contribution in [0.15, 0.2) is 42.5 Å². The van der Waals surface area contributed by atoms with E-state index in [-0.39, 0.29) is 0 Å². The molecule has 1 aliphatic rings. The van der Waals surface area contributed by atoms with Gasteiger partial charge in [0.1, 0.15) is 0 Å². The van der Waals surface area contributed by atoms with Gasteiger partial charge >= 0.3 is 0 Å². The first-order valence-electron chi connectivity index (χ1n) is 7.12. The maximum Gasteiger partial charge on any atom is 0.0329 e. The van der Waals surface area contributed by atoms with E-state index in [0.717, 1.165) is 6.54 Å². The van der Waals surface area contributed by atoms with Crippen molar-refractivity contribution < 1.29 is 0 Å². The molecule has 0 aromatic heterocycles. The fraction of sp³-hybridized carbons (Fsp3) is 0.333. The number of hydrogen-bond donors (Lipinski definition) is 1. The number of benzene rings is 2. The standard InChI is InChI=1S/C18H21N/c1-13-6-5-8-16(14(13)2)12-19-18-11-10-15-7-3-4-9-17(15)18/h3-9,18-19H,10-12H2,1-2H3. The van der Waals surface area contributed by atoms with Crippen LogP contribution in [0, 0.1) is 13.8 Å². The summed E-state index contributed by atoms with van der Waals surface area (Å²) >= 11 is 0. The summed E-state index contributed by atoms with van der Waals surface area (Å²) in [6.07, 6.45) is 2.44. The van der Waals surface area contributed by atoms with Gasteiger partial charge in [-0.2, -0.15) is 0 Å². The molecule has 0 spiro atoms. The van der Waals surface area contributed by atoms with Gasteiger partial charge in [0.15, 0.2) is 0 Å². The first-order chi connectivity index (χ1) is 9.25. The molecule has 1 unspecified atom stereocenters. The Morgan fingerprint density at radius 2 is 1.89 bits per heavy atom. The molecule has 0 amide bonds. The highest BCUT2D eigenvalue weighted by Crippen LogP contribution is 2.31. The maximum absolute atomic E-state index is 3.72. The van der Waals surface area contributed by atoms with E-state index >= 15 is 0 Å². The van der Waals surface area contributed by atoms with Gasteiger partial charge in [-0.3, -0.25) is 0 Å². The summed E-state index contributed by atoms with van der Waals surface area (Å²) in [6, 6.07) is 15.9. The molecule has 2 aromatic carbocycles. The molecule has 0 fully saturated rings. The van der Waals surface area contributed by atoms with Gasteiger partial charge in [0, 0.05) is 12.6 Å². The van der Waals surface area contributed by atoms with Gasteiger partial charge in [0.05, 0.1) is 0 Å². The predicted octanol–water partition coefficient (Wildman–Crippen LogP) is 4.08. The van der Waals surface area contributed by atoms with Crippen molar-refractivity contribution in [1.29, 1.82) is 0 Å². The van der Waals surface area contributed by atoms with Crippen LogP contribution in [0.1, 0.15) is 40.3 Å². The number of nitrogens with one attached hydrogen (secondary N) is 1. The van der Waals surface area contributed by atoms with Gasteiger partial charge in [-0.05, 0) is 54.5 Å². The van der Waals surface area contributed by atoms with Crippen molar-refractivity contribution in [2.24, 2.45) is 0 Å². The van der Waals surface area contributed by atoms with Crippen molar-refractivity contribution in [3.05, 3.63) is 70.3 Å². The summed E-state index contributed by atoms with van der Waals surface area (Å²) in [5, 5.41) is 3.72. The highest BCUT2D eigenvalue weighted by atomic mass is 14.9. The lowest BCUT2D eigenvalue weighted by atomic mass is 10.0. The minimum atomic E-state index is 0.524. The second-order valence-corrected chi connectivity index (χ2v) is 5.53. The minimum Gasteiger partial charge on any atom is -0.306 e. The van der Waals surface area contributed by atoms with Crippen LogP contribution in [-0.4, -0.2) is 0 Å². The van der Waals surface area contributed by atoms with Crippen molar-refractivity contribution in [3.8, 4) is 0 Å². The molecular weight excluding hydrogens is 230 g/mol. The van der Waals surface area contributed by atoms with Crippen LogP contribution >= 0.6 is 0 Å². The van der Waals surface area contributed by atoms with Crippen LogP contribution in [0.3, 0.4) is 0 Å². The molecule has 0 bridgehead atoms. The lowest BCUT2D eigenvalue weighted by Crippen LogP contribution is -2.19. The molecule has 0 aliphatic heterocycles. The smallest absolute Gasteiger partial charge is 0.0329 e. The SMILES string of the molecule is Cc1cccc(CNC2CCc3ccccc32)c1C. The molecule has 1 N–H and O–H groups in total. The van der Waals surface area contributed by atoms with Crippen LogP contribution in [0.5, 0.6) is 0 Å². The van der Waals surface area contributed by atoms with Gasteiger partial charge < -0.3 is 5.32 Å². The number of hydrogen-bond acceptors (Lipinski definition) is 1. The summed E-state index contributed by atoms with van der Waals surface area (Å²) in [7, 11) is 0. The third-order valence-corrected chi connectivity index (χ3v) is 4.39. The van der Waals surface area contributed by atoms with E-state index in [4.69, 9.17) is 0 Å². The van der Waals surface area contributed by atoms with Crippen LogP contribution in [0.4, 0.5) is 0 Å². The molecule has 0 saturated heterocycles. The Morgan fingerprint density at radius 3 is 2.79 bits per heavy atom. The molecule has 19 heavy (non-hydrogen) atoms. The molecule has 3 rings (SSSR count). The Kier molecular flexibility index (Phi) is 3.39. The van der Waals surface area contributed by atoms with Gasteiger partial charge in [-0.15, -0.1) is 0 Å². The quantitative estimate of drug-likeness (QED) is 0.866. The van der Waals surface area contributed by atoms with Crippen LogP contribution in [0.2, 0.25) is 0 Å². The normalized spacial score (nSPS) is 17.5. The van der Waals surface area contributed by atoms with E-state index in [0.29, 0.717) is 6.04 Å². The zero-order chi connectivity index (χ0) is 13.2. The number of rotatable bonds is 3. The van der Waals surface area contributed by atoms with Crippen molar-refractivity contribution in [2.75, 3.05) is 0 Å². The monoisotopic (exact) mass is 251 g/mol. The second kappa shape index (κ2) is 5.18. The Bertz CT molecular complexity index is 586. The summed E-state index contributed by atoms with van der Waals surface area (Å²) < 4.78 is 0.